The van der Waals surface area contributed by atoms with Crippen LogP contribution in [0.5, 0.6) is 0 Å². The summed E-state index contributed by atoms with van der Waals surface area (Å²) in [5, 5.41) is 2.93. The second-order valence-corrected chi connectivity index (χ2v) is 6.66. The smallest absolute Gasteiger partial charge is 0.256 e. The molecular weight excluding hydrogens is 308 g/mol. The van der Waals surface area contributed by atoms with Gasteiger partial charge >= 0.3 is 0 Å². The minimum Gasteiger partial charge on any atom is -0.322 e. The van der Waals surface area contributed by atoms with Crippen LogP contribution < -0.4 is 10.2 Å². The minimum absolute atomic E-state index is 0.0770. The molecule has 2 aromatic carbocycles. The van der Waals surface area contributed by atoms with Crippen molar-refractivity contribution in [2.24, 2.45) is 0 Å². The number of carbonyl (C=O) groups excluding carboxylic acids is 2. The lowest BCUT2D eigenvalue weighted by molar-refractivity contribution is -0.117. The lowest BCUT2D eigenvalue weighted by Crippen LogP contribution is -2.20. The van der Waals surface area contributed by atoms with Gasteiger partial charge in [0.2, 0.25) is 5.91 Å². The van der Waals surface area contributed by atoms with Crippen molar-refractivity contribution in [2.45, 2.75) is 18.2 Å². The van der Waals surface area contributed by atoms with E-state index in [1.54, 1.807) is 23.7 Å². The summed E-state index contributed by atoms with van der Waals surface area (Å²) < 4.78 is 0. The van der Waals surface area contributed by atoms with Crippen LogP contribution in [0.4, 0.5) is 11.4 Å². The SMILES string of the molecule is CCSc1ccccc1C(=O)Nc1ccc2c(c1)CC(=O)N2C. The number of nitrogens with one attached hydrogen (secondary N) is 1. The summed E-state index contributed by atoms with van der Waals surface area (Å²) in [6.07, 6.45) is 0.387. The van der Waals surface area contributed by atoms with Gasteiger partial charge in [-0.2, -0.15) is 0 Å². The molecule has 0 radical (unpaired) electrons. The molecule has 1 heterocycles. The molecule has 2 aromatic rings. The first kappa shape index (κ1) is 15.6. The summed E-state index contributed by atoms with van der Waals surface area (Å²) in [6, 6.07) is 13.2. The quantitative estimate of drug-likeness (QED) is 0.874. The van der Waals surface area contributed by atoms with Crippen molar-refractivity contribution in [2.75, 3.05) is 23.0 Å². The van der Waals surface area contributed by atoms with E-state index in [4.69, 9.17) is 0 Å². The maximum absolute atomic E-state index is 12.5. The number of nitrogens with zero attached hydrogens (tertiary/aromatic N) is 1. The van der Waals surface area contributed by atoms with E-state index < -0.39 is 0 Å². The zero-order valence-corrected chi connectivity index (χ0v) is 13.9. The molecule has 0 bridgehead atoms. The van der Waals surface area contributed by atoms with E-state index in [0.717, 1.165) is 21.9 Å². The number of anilines is 2. The van der Waals surface area contributed by atoms with Crippen LogP contribution in [0.1, 0.15) is 22.8 Å². The Morgan fingerprint density at radius 2 is 2.04 bits per heavy atom. The average molecular weight is 326 g/mol. The van der Waals surface area contributed by atoms with Crippen molar-refractivity contribution in [3.63, 3.8) is 0 Å². The van der Waals surface area contributed by atoms with Crippen molar-refractivity contribution in [3.05, 3.63) is 53.6 Å². The predicted octanol–water partition coefficient (Wildman–Crippen LogP) is 3.57. The highest BCUT2D eigenvalue weighted by molar-refractivity contribution is 7.99. The second kappa shape index (κ2) is 6.46. The topological polar surface area (TPSA) is 49.4 Å². The third-order valence-electron chi connectivity index (χ3n) is 3.85. The molecule has 0 saturated carbocycles. The molecule has 0 unspecified atom stereocenters. The molecule has 0 spiro atoms. The predicted molar refractivity (Wildman–Crippen MR) is 94.3 cm³/mol. The maximum Gasteiger partial charge on any atom is 0.256 e. The number of benzene rings is 2. The molecule has 5 heteroatoms. The first-order chi connectivity index (χ1) is 11.1. The molecule has 3 rings (SSSR count). The average Bonchev–Trinajstić information content (AvgIpc) is 2.82. The molecule has 2 amide bonds. The number of rotatable bonds is 4. The van der Waals surface area contributed by atoms with E-state index in [-0.39, 0.29) is 11.8 Å². The Morgan fingerprint density at radius 3 is 2.83 bits per heavy atom. The monoisotopic (exact) mass is 326 g/mol. The van der Waals surface area contributed by atoms with Crippen LogP contribution in [0.25, 0.3) is 0 Å². The third kappa shape index (κ3) is 3.10. The summed E-state index contributed by atoms with van der Waals surface area (Å²) in [5.74, 6) is 0.866. The van der Waals surface area contributed by atoms with Crippen molar-refractivity contribution in [1.29, 1.82) is 0 Å². The zero-order chi connectivity index (χ0) is 16.4. The van der Waals surface area contributed by atoms with Gasteiger partial charge in [-0.3, -0.25) is 9.59 Å². The number of hydrogen-bond acceptors (Lipinski definition) is 3. The Balaban J connectivity index is 1.82. The van der Waals surface area contributed by atoms with E-state index in [1.165, 1.54) is 0 Å². The minimum atomic E-state index is -0.126. The number of thioether (sulfide) groups is 1. The van der Waals surface area contributed by atoms with Crippen LogP contribution in [0.3, 0.4) is 0 Å². The van der Waals surface area contributed by atoms with Gasteiger partial charge in [-0.15, -0.1) is 11.8 Å². The van der Waals surface area contributed by atoms with Gasteiger partial charge in [0.05, 0.1) is 12.0 Å². The summed E-state index contributed by atoms with van der Waals surface area (Å²) in [7, 11) is 1.77. The fourth-order valence-corrected chi connectivity index (χ4v) is 3.48. The van der Waals surface area contributed by atoms with Gasteiger partial charge in [-0.1, -0.05) is 19.1 Å². The van der Waals surface area contributed by atoms with Gasteiger partial charge in [-0.25, -0.2) is 0 Å². The number of likely N-dealkylation sites (N-methyl/N-ethyl adjacent to an activating group) is 1. The molecule has 0 aliphatic carbocycles. The van der Waals surface area contributed by atoms with E-state index in [9.17, 15) is 9.59 Å². The normalized spacial score (nSPS) is 13.1. The highest BCUT2D eigenvalue weighted by Crippen LogP contribution is 2.30. The Kier molecular flexibility index (Phi) is 4.39. The van der Waals surface area contributed by atoms with Gasteiger partial charge in [-0.05, 0) is 41.6 Å². The Morgan fingerprint density at radius 1 is 1.26 bits per heavy atom. The number of fused-ring (bicyclic) bond motifs is 1. The maximum atomic E-state index is 12.5. The molecule has 1 aliphatic heterocycles. The highest BCUT2D eigenvalue weighted by Gasteiger charge is 2.24. The molecular formula is C18H18N2O2S. The van der Waals surface area contributed by atoms with Crippen LogP contribution in [-0.4, -0.2) is 24.6 Å². The standard InChI is InChI=1S/C18H18N2O2S/c1-3-23-16-7-5-4-6-14(16)18(22)19-13-8-9-15-12(10-13)11-17(21)20(15)2/h4-10H,3,11H2,1-2H3,(H,19,22). The lowest BCUT2D eigenvalue weighted by Gasteiger charge is -2.12. The molecule has 1 N–H and O–H groups in total. The van der Waals surface area contributed by atoms with Gasteiger partial charge in [0.1, 0.15) is 0 Å². The Bertz CT molecular complexity index is 773. The molecule has 0 saturated heterocycles. The first-order valence-electron chi connectivity index (χ1n) is 7.53. The van der Waals surface area contributed by atoms with Crippen LogP contribution >= 0.6 is 11.8 Å². The number of hydrogen-bond donors (Lipinski definition) is 1. The number of carbonyl (C=O) groups is 2. The summed E-state index contributed by atoms with van der Waals surface area (Å²) >= 11 is 1.65. The lowest BCUT2D eigenvalue weighted by atomic mass is 10.1. The molecule has 0 atom stereocenters. The third-order valence-corrected chi connectivity index (χ3v) is 4.80. The highest BCUT2D eigenvalue weighted by atomic mass is 32.2. The van der Waals surface area contributed by atoms with E-state index >= 15 is 0 Å². The second-order valence-electron chi connectivity index (χ2n) is 5.36. The van der Waals surface area contributed by atoms with Crippen molar-refractivity contribution in [1.82, 2.24) is 0 Å². The van der Waals surface area contributed by atoms with Gasteiger partial charge < -0.3 is 10.2 Å². The van der Waals surface area contributed by atoms with Crippen molar-refractivity contribution in [3.8, 4) is 0 Å². The molecule has 0 fully saturated rings. The zero-order valence-electron chi connectivity index (χ0n) is 13.1. The van der Waals surface area contributed by atoms with Gasteiger partial charge in [0.15, 0.2) is 0 Å². The summed E-state index contributed by atoms with van der Waals surface area (Å²) in [6.45, 7) is 2.06. The largest absolute Gasteiger partial charge is 0.322 e. The molecule has 0 aromatic heterocycles. The Hall–Kier alpha value is -2.27. The van der Waals surface area contributed by atoms with Gasteiger partial charge in [0.25, 0.3) is 5.91 Å². The van der Waals surface area contributed by atoms with Crippen molar-refractivity contribution >= 4 is 35.0 Å². The molecule has 1 aliphatic rings. The van der Waals surface area contributed by atoms with E-state index in [2.05, 4.69) is 12.2 Å². The Labute approximate surface area is 139 Å². The molecule has 4 nitrogen and oxygen atoms in total. The van der Waals surface area contributed by atoms with Crippen LogP contribution in [0.2, 0.25) is 0 Å². The fraction of sp³-hybridized carbons (Fsp3) is 0.222. The first-order valence-corrected chi connectivity index (χ1v) is 8.51. The summed E-state index contributed by atoms with van der Waals surface area (Å²) in [4.78, 5) is 26.9. The summed E-state index contributed by atoms with van der Waals surface area (Å²) in [5.41, 5.74) is 3.25. The number of amides is 2. The molecule has 118 valence electrons. The van der Waals surface area contributed by atoms with Crippen LogP contribution in [0.15, 0.2) is 47.4 Å². The van der Waals surface area contributed by atoms with Crippen LogP contribution in [0, 0.1) is 0 Å². The van der Waals surface area contributed by atoms with E-state index in [1.807, 2.05) is 42.5 Å². The molecule has 23 heavy (non-hydrogen) atoms. The van der Waals surface area contributed by atoms with Crippen LogP contribution in [-0.2, 0) is 11.2 Å². The van der Waals surface area contributed by atoms with Gasteiger partial charge in [0, 0.05) is 23.3 Å². The van der Waals surface area contributed by atoms with E-state index in [0.29, 0.717) is 17.7 Å². The fourth-order valence-electron chi connectivity index (χ4n) is 2.68. The van der Waals surface area contributed by atoms with Crippen molar-refractivity contribution < 1.29 is 9.59 Å².